The van der Waals surface area contributed by atoms with Gasteiger partial charge in [0.2, 0.25) is 0 Å². The highest BCUT2D eigenvalue weighted by atomic mass is 19.3. The topological polar surface area (TPSA) is 41.6 Å². The van der Waals surface area contributed by atoms with Gasteiger partial charge in [-0.25, -0.2) is 13.6 Å². The number of carbonyl (C=O) groups excluding carboxylic acids is 1. The molecule has 6 heteroatoms. The first kappa shape index (κ1) is 12.5. The summed E-state index contributed by atoms with van der Waals surface area (Å²) < 4.78 is 32.5. The van der Waals surface area contributed by atoms with Crippen molar-refractivity contribution in [3.05, 3.63) is 0 Å². The predicted octanol–water partition coefficient (Wildman–Crippen LogP) is 1.60. The Labute approximate surface area is 99.3 Å². The van der Waals surface area contributed by atoms with Crippen LogP contribution in [-0.4, -0.2) is 47.7 Å². The highest BCUT2D eigenvalue weighted by molar-refractivity contribution is 5.70. The number of rotatable bonds is 0. The number of ether oxygens (including phenoxy) is 1. The third-order valence-corrected chi connectivity index (χ3v) is 3.05. The van der Waals surface area contributed by atoms with Gasteiger partial charge in [0.25, 0.3) is 5.92 Å². The van der Waals surface area contributed by atoms with Crippen LogP contribution in [-0.2, 0) is 4.74 Å². The van der Waals surface area contributed by atoms with Gasteiger partial charge in [0.1, 0.15) is 11.6 Å². The number of hydrogen-bond donors (Lipinski definition) is 1. The van der Waals surface area contributed by atoms with Crippen molar-refractivity contribution >= 4 is 6.09 Å². The summed E-state index contributed by atoms with van der Waals surface area (Å²) in [6.07, 6.45) is -0.907. The largest absolute Gasteiger partial charge is 0.444 e. The maximum Gasteiger partial charge on any atom is 0.411 e. The van der Waals surface area contributed by atoms with Crippen molar-refractivity contribution in [2.45, 2.75) is 50.8 Å². The highest BCUT2D eigenvalue weighted by Gasteiger charge is 2.58. The van der Waals surface area contributed by atoms with Crippen molar-refractivity contribution in [3.63, 3.8) is 0 Å². The van der Waals surface area contributed by atoms with Crippen LogP contribution in [0.4, 0.5) is 13.6 Å². The Hall–Kier alpha value is -0.910. The fourth-order valence-electron chi connectivity index (χ4n) is 2.40. The average Bonchev–Trinajstić information content (AvgIpc) is 2.27. The lowest BCUT2D eigenvalue weighted by Crippen LogP contribution is -2.57. The summed E-state index contributed by atoms with van der Waals surface area (Å²) in [5, 5.41) is 2.92. The van der Waals surface area contributed by atoms with Crippen LogP contribution in [0.3, 0.4) is 0 Å². The molecule has 98 valence electrons. The molecule has 2 rings (SSSR count). The molecule has 0 aromatic carbocycles. The van der Waals surface area contributed by atoms with E-state index < -0.39 is 29.7 Å². The summed E-state index contributed by atoms with van der Waals surface area (Å²) in [5.74, 6) is -2.81. The number of alkyl halides is 2. The van der Waals surface area contributed by atoms with E-state index in [4.69, 9.17) is 4.74 Å². The van der Waals surface area contributed by atoms with Gasteiger partial charge >= 0.3 is 6.09 Å². The first-order valence-corrected chi connectivity index (χ1v) is 5.80. The molecule has 0 unspecified atom stereocenters. The Morgan fingerprint density at radius 1 is 1.41 bits per heavy atom. The summed E-state index contributed by atoms with van der Waals surface area (Å²) in [4.78, 5) is 13.1. The lowest BCUT2D eigenvalue weighted by Gasteiger charge is -2.36. The zero-order chi connectivity index (χ0) is 12.8. The third kappa shape index (κ3) is 2.36. The number of nitrogens with zero attached hydrogens (tertiary/aromatic N) is 1. The van der Waals surface area contributed by atoms with E-state index in [2.05, 4.69) is 5.32 Å². The normalized spacial score (nSPS) is 31.5. The summed E-state index contributed by atoms with van der Waals surface area (Å²) in [6.45, 7) is 5.72. The maximum absolute atomic E-state index is 13.7. The quantitative estimate of drug-likeness (QED) is 0.708. The van der Waals surface area contributed by atoms with Crippen LogP contribution >= 0.6 is 0 Å². The molecule has 0 saturated carbocycles. The van der Waals surface area contributed by atoms with Crippen LogP contribution in [0.5, 0.6) is 0 Å². The number of nitrogens with one attached hydrogen (secondary N) is 1. The molecule has 17 heavy (non-hydrogen) atoms. The number of hydrogen-bond acceptors (Lipinski definition) is 3. The van der Waals surface area contributed by atoms with Gasteiger partial charge in [0.05, 0.1) is 6.04 Å². The highest BCUT2D eigenvalue weighted by Crippen LogP contribution is 2.40. The number of halogens is 2. The van der Waals surface area contributed by atoms with E-state index in [1.54, 1.807) is 20.8 Å². The van der Waals surface area contributed by atoms with Gasteiger partial charge in [0.15, 0.2) is 0 Å². The fourth-order valence-corrected chi connectivity index (χ4v) is 2.40. The van der Waals surface area contributed by atoms with E-state index in [1.165, 1.54) is 4.90 Å². The SMILES string of the molecule is CC(C)(C)OC(=O)N1[C@H]2CNC[C@@H]1C(F)(F)C2. The fraction of sp³-hybridized carbons (Fsp3) is 0.909. The second-order valence-corrected chi connectivity index (χ2v) is 5.68. The predicted molar refractivity (Wildman–Crippen MR) is 58.1 cm³/mol. The zero-order valence-electron chi connectivity index (χ0n) is 10.3. The number of fused-ring (bicyclic) bond motifs is 2. The maximum atomic E-state index is 13.7. The minimum absolute atomic E-state index is 0.128. The average molecular weight is 248 g/mol. The van der Waals surface area contributed by atoms with Crippen molar-refractivity contribution in [1.29, 1.82) is 0 Å². The molecule has 2 heterocycles. The number of carbonyl (C=O) groups is 1. The van der Waals surface area contributed by atoms with Gasteiger partial charge in [-0.2, -0.15) is 0 Å². The summed E-state index contributed by atoms with van der Waals surface area (Å²) >= 11 is 0. The van der Waals surface area contributed by atoms with Gasteiger partial charge < -0.3 is 10.1 Å². The van der Waals surface area contributed by atoms with Gasteiger partial charge in [-0.05, 0) is 20.8 Å². The molecule has 0 spiro atoms. The molecule has 2 aliphatic rings. The summed E-state index contributed by atoms with van der Waals surface area (Å²) in [7, 11) is 0. The molecule has 4 nitrogen and oxygen atoms in total. The Balaban J connectivity index is 2.14. The Bertz CT molecular complexity index is 328. The van der Waals surface area contributed by atoms with Gasteiger partial charge in [-0.3, -0.25) is 4.90 Å². The van der Waals surface area contributed by atoms with E-state index >= 15 is 0 Å². The molecule has 0 radical (unpaired) electrons. The molecular formula is C11H18F2N2O2. The minimum Gasteiger partial charge on any atom is -0.444 e. The molecule has 2 atom stereocenters. The lowest BCUT2D eigenvalue weighted by atomic mass is 10.1. The van der Waals surface area contributed by atoms with Gasteiger partial charge in [-0.15, -0.1) is 0 Å². The van der Waals surface area contributed by atoms with Gasteiger partial charge in [-0.1, -0.05) is 0 Å². The lowest BCUT2D eigenvalue weighted by molar-refractivity contribution is -0.0428. The molecule has 0 aromatic rings. The first-order chi connectivity index (χ1) is 7.71. The smallest absolute Gasteiger partial charge is 0.411 e. The van der Waals surface area contributed by atoms with Crippen LogP contribution < -0.4 is 5.32 Å². The first-order valence-electron chi connectivity index (χ1n) is 5.80. The Morgan fingerprint density at radius 2 is 2.06 bits per heavy atom. The molecule has 1 amide bonds. The Morgan fingerprint density at radius 3 is 2.59 bits per heavy atom. The standard InChI is InChI=1S/C11H18F2N2O2/c1-10(2,3)17-9(16)15-7-4-11(12,13)8(15)6-14-5-7/h7-8,14H,4-6H2,1-3H3/t7-,8-/m1/s1. The molecule has 2 fully saturated rings. The van der Waals surface area contributed by atoms with Crippen LogP contribution in [0.1, 0.15) is 27.2 Å². The van der Waals surface area contributed by atoms with E-state index in [0.29, 0.717) is 6.54 Å². The minimum atomic E-state index is -2.81. The van der Waals surface area contributed by atoms with E-state index in [0.717, 1.165) is 0 Å². The number of amides is 1. The third-order valence-electron chi connectivity index (χ3n) is 3.05. The van der Waals surface area contributed by atoms with Crippen molar-refractivity contribution in [2.24, 2.45) is 0 Å². The summed E-state index contributed by atoms with van der Waals surface area (Å²) in [5.41, 5.74) is -0.656. The van der Waals surface area contributed by atoms with Crippen LogP contribution in [0.25, 0.3) is 0 Å². The van der Waals surface area contributed by atoms with E-state index in [1.807, 2.05) is 0 Å². The van der Waals surface area contributed by atoms with Crippen LogP contribution in [0.2, 0.25) is 0 Å². The molecule has 2 bridgehead atoms. The number of piperazine rings is 1. The van der Waals surface area contributed by atoms with Crippen molar-refractivity contribution in [2.75, 3.05) is 13.1 Å². The van der Waals surface area contributed by atoms with E-state index in [9.17, 15) is 13.6 Å². The van der Waals surface area contributed by atoms with Gasteiger partial charge in [0, 0.05) is 19.5 Å². The van der Waals surface area contributed by atoms with Crippen molar-refractivity contribution in [3.8, 4) is 0 Å². The zero-order valence-corrected chi connectivity index (χ0v) is 10.3. The van der Waals surface area contributed by atoms with Crippen molar-refractivity contribution in [1.82, 2.24) is 10.2 Å². The molecule has 0 aliphatic carbocycles. The van der Waals surface area contributed by atoms with Crippen LogP contribution in [0, 0.1) is 0 Å². The van der Waals surface area contributed by atoms with E-state index in [-0.39, 0.29) is 13.0 Å². The monoisotopic (exact) mass is 248 g/mol. The molecular weight excluding hydrogens is 230 g/mol. The molecule has 1 N–H and O–H groups in total. The second-order valence-electron chi connectivity index (χ2n) is 5.68. The molecule has 2 saturated heterocycles. The van der Waals surface area contributed by atoms with Crippen molar-refractivity contribution < 1.29 is 18.3 Å². The Kier molecular flexibility index (Phi) is 2.80. The molecule has 0 aromatic heterocycles. The second kappa shape index (κ2) is 3.80. The van der Waals surface area contributed by atoms with Crippen LogP contribution in [0.15, 0.2) is 0 Å². The molecule has 2 aliphatic heterocycles. The summed E-state index contributed by atoms with van der Waals surface area (Å²) in [6, 6.07) is -1.53.